The van der Waals surface area contributed by atoms with Crippen LogP contribution in [0, 0.1) is 5.92 Å². The van der Waals surface area contributed by atoms with Crippen LogP contribution < -0.4 is 5.32 Å². The fourth-order valence-electron chi connectivity index (χ4n) is 1.07. The number of ether oxygens (including phenoxy) is 1. The van der Waals surface area contributed by atoms with Gasteiger partial charge in [-0.3, -0.25) is 4.79 Å². The molecule has 0 bridgehead atoms. The highest BCUT2D eigenvalue weighted by Gasteiger charge is 2.27. The monoisotopic (exact) mass is 215 g/mol. The summed E-state index contributed by atoms with van der Waals surface area (Å²) in [6.07, 6.45) is 1.94. The van der Waals surface area contributed by atoms with Crippen LogP contribution in [-0.4, -0.2) is 24.7 Å². The summed E-state index contributed by atoms with van der Waals surface area (Å²) in [7, 11) is 0. The molecule has 15 heavy (non-hydrogen) atoms. The van der Waals surface area contributed by atoms with Crippen molar-refractivity contribution in [2.75, 3.05) is 13.2 Å². The van der Waals surface area contributed by atoms with Crippen molar-refractivity contribution in [2.24, 2.45) is 5.92 Å². The number of carbonyl (C=O) groups is 1. The topological polar surface area (TPSA) is 38.3 Å². The number of hydrogen-bond acceptors (Lipinski definition) is 2. The fourth-order valence-corrected chi connectivity index (χ4v) is 1.07. The van der Waals surface area contributed by atoms with E-state index in [1.807, 2.05) is 20.8 Å². The maximum atomic E-state index is 11.7. The number of amides is 1. The Kier molecular flexibility index (Phi) is 6.57. The zero-order valence-electron chi connectivity index (χ0n) is 10.7. The highest BCUT2D eigenvalue weighted by atomic mass is 16.5. The lowest BCUT2D eigenvalue weighted by atomic mass is 10.1. The van der Waals surface area contributed by atoms with Gasteiger partial charge in [0.25, 0.3) is 5.91 Å². The summed E-state index contributed by atoms with van der Waals surface area (Å²) in [5.74, 6) is 0.590. The summed E-state index contributed by atoms with van der Waals surface area (Å²) in [5, 5.41) is 2.85. The zero-order valence-corrected chi connectivity index (χ0v) is 10.7. The van der Waals surface area contributed by atoms with Crippen LogP contribution in [0.25, 0.3) is 0 Å². The Hall–Kier alpha value is -0.570. The van der Waals surface area contributed by atoms with Crippen molar-refractivity contribution in [3.05, 3.63) is 0 Å². The molecule has 0 rings (SSSR count). The zero-order chi connectivity index (χ0) is 11.9. The third-order valence-corrected chi connectivity index (χ3v) is 2.24. The maximum absolute atomic E-state index is 11.7. The van der Waals surface area contributed by atoms with E-state index >= 15 is 0 Å². The van der Waals surface area contributed by atoms with Crippen molar-refractivity contribution in [1.82, 2.24) is 5.32 Å². The number of rotatable bonds is 7. The summed E-state index contributed by atoms with van der Waals surface area (Å²) < 4.78 is 5.59. The molecular weight excluding hydrogens is 190 g/mol. The average molecular weight is 215 g/mol. The molecule has 0 aromatic heterocycles. The molecule has 0 aliphatic rings. The van der Waals surface area contributed by atoms with Gasteiger partial charge in [-0.1, -0.05) is 20.8 Å². The maximum Gasteiger partial charge on any atom is 0.251 e. The quantitative estimate of drug-likeness (QED) is 0.708. The molecule has 3 heteroatoms. The summed E-state index contributed by atoms with van der Waals surface area (Å²) >= 11 is 0. The second-order valence-electron chi connectivity index (χ2n) is 4.80. The van der Waals surface area contributed by atoms with Crippen LogP contribution in [0.5, 0.6) is 0 Å². The van der Waals surface area contributed by atoms with Crippen molar-refractivity contribution in [3.8, 4) is 0 Å². The number of carbonyl (C=O) groups excluding carboxylic acids is 1. The standard InChI is InChI=1S/C12H25NO2/c1-6-8-13-11(14)12(4,5)15-9-7-10(2)3/h10H,6-9H2,1-5H3,(H,13,14). The van der Waals surface area contributed by atoms with Gasteiger partial charge < -0.3 is 10.1 Å². The molecule has 1 N–H and O–H groups in total. The van der Waals surface area contributed by atoms with Gasteiger partial charge in [-0.2, -0.15) is 0 Å². The SMILES string of the molecule is CCCNC(=O)C(C)(C)OCCC(C)C. The number of nitrogens with one attached hydrogen (secondary N) is 1. The van der Waals surface area contributed by atoms with Gasteiger partial charge in [0.2, 0.25) is 0 Å². The average Bonchev–Trinajstić information content (AvgIpc) is 2.13. The summed E-state index contributed by atoms with van der Waals surface area (Å²) in [6, 6.07) is 0. The Labute approximate surface area is 93.6 Å². The van der Waals surface area contributed by atoms with E-state index in [0.29, 0.717) is 12.5 Å². The van der Waals surface area contributed by atoms with E-state index in [4.69, 9.17) is 4.74 Å². The van der Waals surface area contributed by atoms with Gasteiger partial charge in [-0.05, 0) is 32.6 Å². The Morgan fingerprint density at radius 3 is 2.47 bits per heavy atom. The first kappa shape index (κ1) is 14.4. The minimum atomic E-state index is -0.704. The molecule has 0 fully saturated rings. The largest absolute Gasteiger partial charge is 0.366 e. The Morgan fingerprint density at radius 1 is 1.40 bits per heavy atom. The predicted octanol–water partition coefficient (Wildman–Crippen LogP) is 2.35. The van der Waals surface area contributed by atoms with E-state index in [0.717, 1.165) is 19.4 Å². The predicted molar refractivity (Wildman–Crippen MR) is 62.8 cm³/mol. The van der Waals surface area contributed by atoms with E-state index < -0.39 is 5.60 Å². The summed E-state index contributed by atoms with van der Waals surface area (Å²) in [4.78, 5) is 11.7. The van der Waals surface area contributed by atoms with Gasteiger partial charge in [0.15, 0.2) is 0 Å². The molecule has 0 aromatic carbocycles. The molecule has 0 heterocycles. The Bertz CT molecular complexity index is 188. The van der Waals surface area contributed by atoms with Gasteiger partial charge in [0, 0.05) is 13.2 Å². The molecular formula is C12H25NO2. The van der Waals surface area contributed by atoms with Gasteiger partial charge in [0.1, 0.15) is 5.60 Å². The first-order valence-corrected chi connectivity index (χ1v) is 5.82. The van der Waals surface area contributed by atoms with Crippen LogP contribution in [0.4, 0.5) is 0 Å². The third-order valence-electron chi connectivity index (χ3n) is 2.24. The van der Waals surface area contributed by atoms with Crippen LogP contribution in [0.2, 0.25) is 0 Å². The molecule has 1 amide bonds. The van der Waals surface area contributed by atoms with Gasteiger partial charge in [0.05, 0.1) is 0 Å². The van der Waals surface area contributed by atoms with E-state index in [-0.39, 0.29) is 5.91 Å². The molecule has 0 aromatic rings. The molecule has 90 valence electrons. The van der Waals surface area contributed by atoms with Crippen molar-refractivity contribution >= 4 is 5.91 Å². The minimum absolute atomic E-state index is 0.0203. The second-order valence-corrected chi connectivity index (χ2v) is 4.80. The Morgan fingerprint density at radius 2 is 2.00 bits per heavy atom. The lowest BCUT2D eigenvalue weighted by Crippen LogP contribution is -2.44. The molecule has 0 radical (unpaired) electrons. The van der Waals surface area contributed by atoms with Crippen LogP contribution in [-0.2, 0) is 9.53 Å². The van der Waals surface area contributed by atoms with Crippen molar-refractivity contribution < 1.29 is 9.53 Å². The second kappa shape index (κ2) is 6.83. The van der Waals surface area contributed by atoms with Gasteiger partial charge in [-0.25, -0.2) is 0 Å². The first-order valence-electron chi connectivity index (χ1n) is 5.82. The highest BCUT2D eigenvalue weighted by Crippen LogP contribution is 2.11. The molecule has 0 aliphatic carbocycles. The molecule has 0 saturated carbocycles. The van der Waals surface area contributed by atoms with Crippen LogP contribution in [0.15, 0.2) is 0 Å². The van der Waals surface area contributed by atoms with Crippen LogP contribution in [0.3, 0.4) is 0 Å². The molecule has 0 saturated heterocycles. The van der Waals surface area contributed by atoms with E-state index in [2.05, 4.69) is 19.2 Å². The van der Waals surface area contributed by atoms with E-state index in [1.54, 1.807) is 0 Å². The smallest absolute Gasteiger partial charge is 0.251 e. The van der Waals surface area contributed by atoms with E-state index in [9.17, 15) is 4.79 Å². The van der Waals surface area contributed by atoms with Crippen molar-refractivity contribution in [2.45, 2.75) is 53.1 Å². The highest BCUT2D eigenvalue weighted by molar-refractivity contribution is 5.84. The number of hydrogen-bond donors (Lipinski definition) is 1. The molecule has 0 unspecified atom stereocenters. The third kappa shape index (κ3) is 6.50. The lowest BCUT2D eigenvalue weighted by Gasteiger charge is -2.24. The molecule has 0 aliphatic heterocycles. The van der Waals surface area contributed by atoms with Crippen molar-refractivity contribution in [3.63, 3.8) is 0 Å². The fraction of sp³-hybridized carbons (Fsp3) is 0.917. The summed E-state index contributed by atoms with van der Waals surface area (Å²) in [5.41, 5.74) is -0.704. The normalized spacial score (nSPS) is 11.9. The van der Waals surface area contributed by atoms with Crippen LogP contribution in [0.1, 0.15) is 47.5 Å². The molecule has 3 nitrogen and oxygen atoms in total. The van der Waals surface area contributed by atoms with E-state index in [1.165, 1.54) is 0 Å². The molecule has 0 atom stereocenters. The van der Waals surface area contributed by atoms with Gasteiger partial charge in [-0.15, -0.1) is 0 Å². The molecule has 0 spiro atoms. The van der Waals surface area contributed by atoms with Crippen LogP contribution >= 0.6 is 0 Å². The van der Waals surface area contributed by atoms with Crippen molar-refractivity contribution in [1.29, 1.82) is 0 Å². The Balaban J connectivity index is 3.88. The lowest BCUT2D eigenvalue weighted by molar-refractivity contribution is -0.143. The first-order chi connectivity index (χ1) is 6.90. The summed E-state index contributed by atoms with van der Waals surface area (Å²) in [6.45, 7) is 11.3. The van der Waals surface area contributed by atoms with Gasteiger partial charge >= 0.3 is 0 Å². The minimum Gasteiger partial charge on any atom is -0.366 e.